The highest BCUT2D eigenvalue weighted by Gasteiger charge is 2.51. The Kier molecular flexibility index (Phi) is 5.41. The van der Waals surface area contributed by atoms with Crippen LogP contribution in [0.15, 0.2) is 40.8 Å². The molecule has 1 heterocycles. The number of fused-ring (bicyclic) bond motifs is 1. The molecule has 0 unspecified atom stereocenters. The van der Waals surface area contributed by atoms with Gasteiger partial charge >= 0.3 is 0 Å². The van der Waals surface area contributed by atoms with Crippen molar-refractivity contribution in [1.82, 2.24) is 10.3 Å². The van der Waals surface area contributed by atoms with E-state index in [4.69, 9.17) is 28.2 Å². The molecule has 1 amide bonds. The van der Waals surface area contributed by atoms with Crippen molar-refractivity contribution < 1.29 is 9.21 Å². The minimum absolute atomic E-state index is 0.0262. The highest BCUT2D eigenvalue weighted by molar-refractivity contribution is 7.80. The largest absolute Gasteiger partial charge is 0.436 e. The number of aromatic nitrogens is 1. The summed E-state index contributed by atoms with van der Waals surface area (Å²) in [5.74, 6) is 3.00. The van der Waals surface area contributed by atoms with Crippen LogP contribution in [0.2, 0.25) is 5.02 Å². The Morgan fingerprint density at radius 1 is 1.12 bits per heavy atom. The Morgan fingerprint density at radius 3 is 2.50 bits per heavy atom. The molecule has 0 radical (unpaired) electrons. The van der Waals surface area contributed by atoms with E-state index in [1.165, 1.54) is 38.5 Å². The van der Waals surface area contributed by atoms with Gasteiger partial charge < -0.3 is 15.1 Å². The molecule has 7 heteroatoms. The quantitative estimate of drug-likeness (QED) is 0.388. The summed E-state index contributed by atoms with van der Waals surface area (Å²) in [4.78, 5) is 17.5. The van der Waals surface area contributed by atoms with Gasteiger partial charge in [0, 0.05) is 12.1 Å². The number of oxazole rings is 1. The first-order valence-electron chi connectivity index (χ1n) is 12.1. The van der Waals surface area contributed by atoms with Crippen LogP contribution in [0.25, 0.3) is 22.6 Å². The molecule has 7 rings (SSSR count). The van der Waals surface area contributed by atoms with Gasteiger partial charge in [0.2, 0.25) is 11.8 Å². The SMILES string of the molecule is Cc1ccc(-c2nc3cc(NC(=S)NC(=O)CC45CC6CC(CC(C6)C4)C5)ccc3o2)c(Cl)c1. The molecule has 4 aliphatic carbocycles. The third-order valence-electron chi connectivity index (χ3n) is 7.95. The van der Waals surface area contributed by atoms with Crippen LogP contribution in [0.3, 0.4) is 0 Å². The second-order valence-electron chi connectivity index (χ2n) is 10.8. The Morgan fingerprint density at radius 2 is 1.82 bits per heavy atom. The molecule has 2 aromatic carbocycles. The highest BCUT2D eigenvalue weighted by Crippen LogP contribution is 2.61. The number of thiocarbonyl (C=S) groups is 1. The van der Waals surface area contributed by atoms with Crippen molar-refractivity contribution in [2.45, 2.75) is 51.9 Å². The second kappa shape index (κ2) is 8.35. The molecule has 2 N–H and O–H groups in total. The summed E-state index contributed by atoms with van der Waals surface area (Å²) in [6.07, 6.45) is 8.35. The smallest absolute Gasteiger partial charge is 0.228 e. The van der Waals surface area contributed by atoms with E-state index in [-0.39, 0.29) is 11.3 Å². The fraction of sp³-hybridized carbons (Fsp3) is 0.444. The summed E-state index contributed by atoms with van der Waals surface area (Å²) < 4.78 is 5.91. The van der Waals surface area contributed by atoms with Crippen LogP contribution in [0.4, 0.5) is 5.69 Å². The van der Waals surface area contributed by atoms with Crippen molar-refractivity contribution in [2.75, 3.05) is 5.32 Å². The van der Waals surface area contributed by atoms with Crippen LogP contribution in [0.1, 0.15) is 50.5 Å². The molecule has 0 atom stereocenters. The Hall–Kier alpha value is -2.44. The molecule has 34 heavy (non-hydrogen) atoms. The number of aryl methyl sites for hydroxylation is 1. The third kappa shape index (κ3) is 4.22. The summed E-state index contributed by atoms with van der Waals surface area (Å²) in [7, 11) is 0. The van der Waals surface area contributed by atoms with Gasteiger partial charge in [0.25, 0.3) is 0 Å². The van der Waals surface area contributed by atoms with Gasteiger partial charge in [-0.1, -0.05) is 17.7 Å². The molecule has 1 aromatic heterocycles. The maximum Gasteiger partial charge on any atom is 0.228 e. The van der Waals surface area contributed by atoms with E-state index in [2.05, 4.69) is 15.6 Å². The third-order valence-corrected chi connectivity index (χ3v) is 8.47. The average molecular weight is 494 g/mol. The fourth-order valence-electron chi connectivity index (χ4n) is 7.09. The van der Waals surface area contributed by atoms with Crippen LogP contribution in [-0.2, 0) is 4.79 Å². The standard InChI is InChI=1S/C27H28ClN3O2S/c1-15-2-4-20(21(28)6-15)25-30-22-10-19(3-5-23(22)33-25)29-26(34)31-24(32)14-27-11-16-7-17(12-27)9-18(8-16)13-27/h2-6,10,16-18H,7-9,11-14H2,1H3,(H2,29,31,32,34). The molecule has 3 aromatic rings. The van der Waals surface area contributed by atoms with E-state index in [0.29, 0.717) is 33.5 Å². The summed E-state index contributed by atoms with van der Waals surface area (Å²) in [5, 5.41) is 6.97. The Labute approximate surface area is 209 Å². The first-order chi connectivity index (χ1) is 16.3. The van der Waals surface area contributed by atoms with Crippen LogP contribution in [-0.4, -0.2) is 16.0 Å². The van der Waals surface area contributed by atoms with Gasteiger partial charge in [-0.15, -0.1) is 0 Å². The molecule has 4 bridgehead atoms. The van der Waals surface area contributed by atoms with Crippen molar-refractivity contribution in [3.63, 3.8) is 0 Å². The summed E-state index contributed by atoms with van der Waals surface area (Å²) in [6, 6.07) is 11.4. The van der Waals surface area contributed by atoms with E-state index in [9.17, 15) is 4.79 Å². The fourth-order valence-corrected chi connectivity index (χ4v) is 7.64. The molecule has 4 aliphatic rings. The average Bonchev–Trinajstić information content (AvgIpc) is 3.15. The minimum Gasteiger partial charge on any atom is -0.436 e. The zero-order valence-corrected chi connectivity index (χ0v) is 20.8. The number of hydrogen-bond acceptors (Lipinski definition) is 4. The van der Waals surface area contributed by atoms with E-state index in [0.717, 1.165) is 34.6 Å². The molecule has 5 nitrogen and oxygen atoms in total. The molecule has 0 saturated heterocycles. The van der Waals surface area contributed by atoms with Crippen LogP contribution in [0, 0.1) is 30.1 Å². The van der Waals surface area contributed by atoms with Gasteiger partial charge in [0.05, 0.1) is 10.6 Å². The van der Waals surface area contributed by atoms with Crippen molar-refractivity contribution in [3.8, 4) is 11.5 Å². The number of halogens is 1. The van der Waals surface area contributed by atoms with Gasteiger partial charge in [0.15, 0.2) is 10.7 Å². The van der Waals surface area contributed by atoms with E-state index >= 15 is 0 Å². The number of nitrogens with zero attached hydrogens (tertiary/aromatic N) is 1. The van der Waals surface area contributed by atoms with Crippen molar-refractivity contribution >= 4 is 51.6 Å². The lowest BCUT2D eigenvalue weighted by atomic mass is 9.49. The Balaban J connectivity index is 1.11. The molecular weight excluding hydrogens is 466 g/mol. The molecule has 4 fully saturated rings. The maximum absolute atomic E-state index is 12.9. The summed E-state index contributed by atoms with van der Waals surface area (Å²) in [5.41, 5.74) is 4.14. The highest BCUT2D eigenvalue weighted by atomic mass is 35.5. The normalized spacial score (nSPS) is 27.2. The number of carbonyl (C=O) groups is 1. The van der Waals surface area contributed by atoms with Crippen LogP contribution < -0.4 is 10.6 Å². The first kappa shape index (κ1) is 22.1. The van der Waals surface area contributed by atoms with Crippen molar-refractivity contribution in [2.24, 2.45) is 23.2 Å². The minimum atomic E-state index is 0.0262. The van der Waals surface area contributed by atoms with Crippen molar-refractivity contribution in [1.29, 1.82) is 0 Å². The predicted molar refractivity (Wildman–Crippen MR) is 139 cm³/mol. The number of anilines is 1. The number of amides is 1. The van der Waals surface area contributed by atoms with E-state index in [1.807, 2.05) is 43.3 Å². The van der Waals surface area contributed by atoms with Crippen LogP contribution in [0.5, 0.6) is 0 Å². The number of benzene rings is 2. The van der Waals surface area contributed by atoms with E-state index in [1.54, 1.807) is 0 Å². The maximum atomic E-state index is 12.9. The molecular formula is C27H28ClN3O2S. The molecule has 176 valence electrons. The first-order valence-corrected chi connectivity index (χ1v) is 12.9. The zero-order chi connectivity index (χ0) is 23.4. The lowest BCUT2D eigenvalue weighted by Crippen LogP contribution is -2.48. The summed E-state index contributed by atoms with van der Waals surface area (Å²) >= 11 is 11.8. The number of rotatable bonds is 4. The zero-order valence-electron chi connectivity index (χ0n) is 19.2. The predicted octanol–water partition coefficient (Wildman–Crippen LogP) is 6.88. The van der Waals surface area contributed by atoms with Gasteiger partial charge in [-0.2, -0.15) is 0 Å². The second-order valence-corrected chi connectivity index (χ2v) is 11.6. The number of nitrogens with one attached hydrogen (secondary N) is 2. The van der Waals surface area contributed by atoms with E-state index < -0.39 is 0 Å². The monoisotopic (exact) mass is 493 g/mol. The topological polar surface area (TPSA) is 67.2 Å². The van der Waals surface area contributed by atoms with Gasteiger partial charge in [-0.05, 0) is 117 Å². The van der Waals surface area contributed by atoms with Gasteiger partial charge in [-0.3, -0.25) is 4.79 Å². The number of hydrogen-bond donors (Lipinski definition) is 2. The molecule has 4 saturated carbocycles. The molecule has 0 aliphatic heterocycles. The van der Waals surface area contributed by atoms with Gasteiger partial charge in [-0.25, -0.2) is 4.98 Å². The lowest BCUT2D eigenvalue weighted by molar-refractivity contribution is -0.127. The van der Waals surface area contributed by atoms with Gasteiger partial charge in [0.1, 0.15) is 5.52 Å². The number of carbonyl (C=O) groups excluding carboxylic acids is 1. The van der Waals surface area contributed by atoms with Crippen LogP contribution >= 0.6 is 23.8 Å². The molecule has 0 spiro atoms. The van der Waals surface area contributed by atoms with Crippen molar-refractivity contribution in [3.05, 3.63) is 47.0 Å². The lowest BCUT2D eigenvalue weighted by Gasteiger charge is -2.56. The Bertz CT molecular complexity index is 1260. The summed E-state index contributed by atoms with van der Waals surface area (Å²) in [6.45, 7) is 1.99.